The van der Waals surface area contributed by atoms with Crippen molar-refractivity contribution in [1.82, 2.24) is 20.2 Å². The summed E-state index contributed by atoms with van der Waals surface area (Å²) in [6.07, 6.45) is 1.38. The molecule has 2 aromatic rings. The summed E-state index contributed by atoms with van der Waals surface area (Å²) in [5, 5.41) is 3.13. The van der Waals surface area contributed by atoms with E-state index in [2.05, 4.69) is 32.3 Å². The average Bonchev–Trinajstić information content (AvgIpc) is 2.74. The lowest BCUT2D eigenvalue weighted by atomic mass is 10.0. The zero-order valence-electron chi connectivity index (χ0n) is 18.7. The van der Waals surface area contributed by atoms with Gasteiger partial charge in [0.1, 0.15) is 0 Å². The third-order valence-electron chi connectivity index (χ3n) is 5.40. The third-order valence-corrected chi connectivity index (χ3v) is 5.40. The summed E-state index contributed by atoms with van der Waals surface area (Å²) < 4.78 is 5.35. The number of anilines is 1. The molecule has 1 aliphatic rings. The minimum atomic E-state index is -0.170. The van der Waals surface area contributed by atoms with Crippen LogP contribution in [-0.4, -0.2) is 73.8 Å². The van der Waals surface area contributed by atoms with Crippen LogP contribution in [0, 0.1) is 6.92 Å². The highest BCUT2D eigenvalue weighted by Crippen LogP contribution is 2.11. The fourth-order valence-corrected chi connectivity index (χ4v) is 3.85. The van der Waals surface area contributed by atoms with Crippen LogP contribution in [0.4, 0.5) is 5.95 Å². The van der Waals surface area contributed by atoms with Gasteiger partial charge >= 0.3 is 0 Å². The third kappa shape index (κ3) is 6.90. The Bertz CT molecular complexity index is 907. The van der Waals surface area contributed by atoms with Crippen LogP contribution in [0.1, 0.15) is 23.2 Å². The number of hydrogen-bond donors (Lipinski definition) is 2. The van der Waals surface area contributed by atoms with Crippen LogP contribution in [0.5, 0.6) is 0 Å². The Morgan fingerprint density at radius 3 is 2.61 bits per heavy atom. The summed E-state index contributed by atoms with van der Waals surface area (Å²) in [5.41, 5.74) is 2.26. The van der Waals surface area contributed by atoms with E-state index in [9.17, 15) is 9.59 Å². The first-order valence-electron chi connectivity index (χ1n) is 10.8. The topological polar surface area (TPSA) is 90.6 Å². The van der Waals surface area contributed by atoms with Crippen LogP contribution in [-0.2, 0) is 22.4 Å². The van der Waals surface area contributed by atoms with Gasteiger partial charge in [-0.05, 0) is 39.4 Å². The quantitative estimate of drug-likeness (QED) is 0.624. The predicted molar refractivity (Wildman–Crippen MR) is 122 cm³/mol. The number of carbonyl (C=O) groups is 1. The summed E-state index contributed by atoms with van der Waals surface area (Å²) in [4.78, 5) is 36.8. The van der Waals surface area contributed by atoms with Crippen LogP contribution in [0.3, 0.4) is 0 Å². The molecule has 31 heavy (non-hydrogen) atoms. The zero-order chi connectivity index (χ0) is 22.2. The van der Waals surface area contributed by atoms with E-state index in [0.29, 0.717) is 49.9 Å². The average molecular weight is 428 g/mol. The summed E-state index contributed by atoms with van der Waals surface area (Å²) in [5.74, 6) is 0.520. The molecule has 0 saturated carbocycles. The monoisotopic (exact) mass is 427 g/mol. The summed E-state index contributed by atoms with van der Waals surface area (Å²) in [6.45, 7) is 5.24. The van der Waals surface area contributed by atoms with Crippen molar-refractivity contribution in [3.05, 3.63) is 57.5 Å². The molecule has 8 nitrogen and oxygen atoms in total. The number of likely N-dealkylation sites (N-methyl/N-ethyl adjacent to an activating group) is 1. The number of aryl methyl sites for hydroxylation is 1. The molecule has 0 aliphatic carbocycles. The predicted octanol–water partition coefficient (Wildman–Crippen LogP) is 1.14. The molecule has 0 bridgehead atoms. The van der Waals surface area contributed by atoms with Crippen molar-refractivity contribution in [2.45, 2.75) is 32.2 Å². The normalized spacial score (nSPS) is 15.2. The van der Waals surface area contributed by atoms with Crippen LogP contribution >= 0.6 is 0 Å². The van der Waals surface area contributed by atoms with Gasteiger partial charge in [0, 0.05) is 43.4 Å². The summed E-state index contributed by atoms with van der Waals surface area (Å²) >= 11 is 0. The van der Waals surface area contributed by atoms with Gasteiger partial charge in [-0.1, -0.05) is 30.3 Å². The first kappa shape index (κ1) is 23.0. The van der Waals surface area contributed by atoms with Gasteiger partial charge in [0.25, 0.3) is 5.56 Å². The Morgan fingerprint density at radius 1 is 1.26 bits per heavy atom. The van der Waals surface area contributed by atoms with Crippen molar-refractivity contribution < 1.29 is 9.53 Å². The molecule has 1 atom stereocenters. The number of aromatic amines is 1. The second kappa shape index (κ2) is 11.1. The van der Waals surface area contributed by atoms with Crippen molar-refractivity contribution in [2.75, 3.05) is 51.8 Å². The molecule has 1 aromatic carbocycles. The van der Waals surface area contributed by atoms with Gasteiger partial charge in [0.15, 0.2) is 0 Å². The van der Waals surface area contributed by atoms with E-state index < -0.39 is 0 Å². The number of morpholine rings is 1. The van der Waals surface area contributed by atoms with Gasteiger partial charge in [0.05, 0.1) is 13.2 Å². The van der Waals surface area contributed by atoms with E-state index in [1.807, 2.05) is 44.1 Å². The zero-order valence-corrected chi connectivity index (χ0v) is 18.7. The van der Waals surface area contributed by atoms with E-state index in [-0.39, 0.29) is 23.9 Å². The molecular formula is C23H33N5O3. The molecule has 1 aromatic heterocycles. The van der Waals surface area contributed by atoms with Crippen LogP contribution < -0.4 is 15.8 Å². The first-order valence-corrected chi connectivity index (χ1v) is 10.8. The molecule has 0 radical (unpaired) electrons. The minimum Gasteiger partial charge on any atom is -0.378 e. The van der Waals surface area contributed by atoms with Gasteiger partial charge in [-0.15, -0.1) is 0 Å². The molecule has 3 rings (SSSR count). The Labute approximate surface area is 183 Å². The highest BCUT2D eigenvalue weighted by molar-refractivity contribution is 5.76. The van der Waals surface area contributed by atoms with E-state index in [4.69, 9.17) is 4.74 Å². The molecule has 168 valence electrons. The fraction of sp³-hybridized carbons (Fsp3) is 0.522. The lowest BCUT2D eigenvalue weighted by Gasteiger charge is -2.27. The number of ether oxygens (including phenoxy) is 1. The maximum atomic E-state index is 12.7. The Balaban J connectivity index is 1.60. The van der Waals surface area contributed by atoms with Gasteiger partial charge in [-0.2, -0.15) is 0 Å². The van der Waals surface area contributed by atoms with Crippen molar-refractivity contribution in [3.8, 4) is 0 Å². The Hall–Kier alpha value is -2.71. The number of nitrogens with one attached hydrogen (secondary N) is 2. The van der Waals surface area contributed by atoms with Gasteiger partial charge in [-0.3, -0.25) is 14.6 Å². The molecule has 8 heteroatoms. The number of amides is 1. The second-order valence-electron chi connectivity index (χ2n) is 8.27. The lowest BCUT2D eigenvalue weighted by molar-refractivity contribution is -0.121. The standard InChI is InChI=1S/C23H33N5O3/c1-17-20(22(30)26-23(24-17)28-11-13-31-14-12-28)9-10-21(29)25-19(16-27(2)3)15-18-7-5-4-6-8-18/h4-8,19H,9-16H2,1-3H3,(H,25,29)(H,24,26,30). The van der Waals surface area contributed by atoms with E-state index in [1.165, 1.54) is 5.56 Å². The smallest absolute Gasteiger partial charge is 0.255 e. The number of aromatic nitrogens is 2. The molecule has 1 aliphatic heterocycles. The number of nitrogens with zero attached hydrogens (tertiary/aromatic N) is 3. The highest BCUT2D eigenvalue weighted by Gasteiger charge is 2.18. The number of rotatable bonds is 9. The molecule has 1 amide bonds. The van der Waals surface area contributed by atoms with E-state index in [1.54, 1.807) is 0 Å². The summed E-state index contributed by atoms with van der Waals surface area (Å²) in [7, 11) is 3.99. The molecule has 2 heterocycles. The fourth-order valence-electron chi connectivity index (χ4n) is 3.85. The Kier molecular flexibility index (Phi) is 8.20. The van der Waals surface area contributed by atoms with Crippen molar-refractivity contribution in [3.63, 3.8) is 0 Å². The highest BCUT2D eigenvalue weighted by atomic mass is 16.5. The number of hydrogen-bond acceptors (Lipinski definition) is 6. The molecule has 1 saturated heterocycles. The molecular weight excluding hydrogens is 394 g/mol. The number of carbonyl (C=O) groups excluding carboxylic acids is 1. The van der Waals surface area contributed by atoms with Gasteiger partial charge in [0.2, 0.25) is 11.9 Å². The number of H-pyrrole nitrogens is 1. The maximum absolute atomic E-state index is 12.7. The van der Waals surface area contributed by atoms with Crippen molar-refractivity contribution >= 4 is 11.9 Å². The molecule has 1 fully saturated rings. The van der Waals surface area contributed by atoms with Crippen LogP contribution in [0.2, 0.25) is 0 Å². The van der Waals surface area contributed by atoms with Gasteiger partial charge in [-0.25, -0.2) is 4.98 Å². The van der Waals surface area contributed by atoms with Crippen molar-refractivity contribution in [2.24, 2.45) is 0 Å². The first-order chi connectivity index (χ1) is 14.9. The maximum Gasteiger partial charge on any atom is 0.255 e. The SMILES string of the molecule is Cc1nc(N2CCOCC2)[nH]c(=O)c1CCC(=O)NC(Cc1ccccc1)CN(C)C. The Morgan fingerprint density at radius 2 is 1.97 bits per heavy atom. The van der Waals surface area contributed by atoms with Crippen molar-refractivity contribution in [1.29, 1.82) is 0 Å². The van der Waals surface area contributed by atoms with E-state index in [0.717, 1.165) is 13.0 Å². The van der Waals surface area contributed by atoms with Crippen LogP contribution in [0.15, 0.2) is 35.1 Å². The minimum absolute atomic E-state index is 0.00565. The van der Waals surface area contributed by atoms with Crippen LogP contribution in [0.25, 0.3) is 0 Å². The molecule has 1 unspecified atom stereocenters. The lowest BCUT2D eigenvalue weighted by Crippen LogP contribution is -2.43. The van der Waals surface area contributed by atoms with Gasteiger partial charge < -0.3 is 19.9 Å². The number of benzene rings is 1. The second-order valence-corrected chi connectivity index (χ2v) is 8.27. The van der Waals surface area contributed by atoms with E-state index >= 15 is 0 Å². The summed E-state index contributed by atoms with van der Waals surface area (Å²) in [6, 6.07) is 10.1. The molecule has 2 N–H and O–H groups in total. The largest absolute Gasteiger partial charge is 0.378 e. The molecule has 0 spiro atoms.